The molecule has 1 amide bonds. The van der Waals surface area contributed by atoms with Gasteiger partial charge in [0.05, 0.1) is 0 Å². The zero-order chi connectivity index (χ0) is 12.4. The fraction of sp³-hybridized carbons (Fsp3) is 0.933. The van der Waals surface area contributed by atoms with E-state index in [-0.39, 0.29) is 0 Å². The Labute approximate surface area is 110 Å². The molecule has 3 rings (SSSR count). The molecule has 2 unspecified atom stereocenters. The van der Waals surface area contributed by atoms with Crippen LogP contribution in [0.1, 0.15) is 51.4 Å². The van der Waals surface area contributed by atoms with Crippen LogP contribution in [0.15, 0.2) is 0 Å². The van der Waals surface area contributed by atoms with E-state index in [4.69, 9.17) is 0 Å². The molecule has 3 nitrogen and oxygen atoms in total. The average molecular weight is 250 g/mol. The topological polar surface area (TPSA) is 32.3 Å². The van der Waals surface area contributed by atoms with Crippen molar-refractivity contribution in [2.75, 3.05) is 19.6 Å². The zero-order valence-corrected chi connectivity index (χ0v) is 11.4. The smallest absolute Gasteiger partial charge is 0.225 e. The highest BCUT2D eigenvalue weighted by Crippen LogP contribution is 2.31. The number of rotatable bonds is 1. The van der Waals surface area contributed by atoms with Gasteiger partial charge in [-0.15, -0.1) is 0 Å². The number of piperidine rings is 1. The highest BCUT2D eigenvalue weighted by molar-refractivity contribution is 5.79. The molecule has 2 saturated heterocycles. The summed E-state index contributed by atoms with van der Waals surface area (Å²) in [7, 11) is 0. The third-order valence-electron chi connectivity index (χ3n) is 5.17. The number of carbonyl (C=O) groups excluding carboxylic acids is 1. The Hall–Kier alpha value is -0.570. The summed E-state index contributed by atoms with van der Waals surface area (Å²) < 4.78 is 0. The number of fused-ring (bicyclic) bond motifs is 1. The summed E-state index contributed by atoms with van der Waals surface area (Å²) in [5.74, 6) is 1.55. The van der Waals surface area contributed by atoms with Gasteiger partial charge in [0.2, 0.25) is 5.91 Å². The minimum absolute atomic E-state index is 0.340. The number of likely N-dealkylation sites (tertiary alicyclic amines) is 1. The number of amides is 1. The van der Waals surface area contributed by atoms with Crippen molar-refractivity contribution in [2.45, 2.75) is 57.4 Å². The largest absolute Gasteiger partial charge is 0.338 e. The summed E-state index contributed by atoms with van der Waals surface area (Å²) in [5, 5.41) is 3.47. The number of hydrogen-bond acceptors (Lipinski definition) is 2. The highest BCUT2D eigenvalue weighted by Gasteiger charge is 2.39. The van der Waals surface area contributed by atoms with Gasteiger partial charge in [-0.25, -0.2) is 0 Å². The summed E-state index contributed by atoms with van der Waals surface area (Å²) in [4.78, 5) is 15.0. The molecule has 18 heavy (non-hydrogen) atoms. The second-order valence-corrected chi connectivity index (χ2v) is 6.35. The highest BCUT2D eigenvalue weighted by atomic mass is 16.2. The van der Waals surface area contributed by atoms with Gasteiger partial charge >= 0.3 is 0 Å². The fourth-order valence-corrected chi connectivity index (χ4v) is 4.10. The van der Waals surface area contributed by atoms with E-state index in [2.05, 4.69) is 10.2 Å². The zero-order valence-electron chi connectivity index (χ0n) is 11.4. The molecule has 0 aromatic heterocycles. The Bertz CT molecular complexity index is 297. The van der Waals surface area contributed by atoms with Crippen LogP contribution in [0.3, 0.4) is 0 Å². The van der Waals surface area contributed by atoms with Crippen LogP contribution in [0.4, 0.5) is 0 Å². The van der Waals surface area contributed by atoms with Crippen molar-refractivity contribution in [3.63, 3.8) is 0 Å². The van der Waals surface area contributed by atoms with Gasteiger partial charge in [-0.05, 0) is 31.6 Å². The predicted molar refractivity (Wildman–Crippen MR) is 72.3 cm³/mol. The molecule has 3 heteroatoms. The van der Waals surface area contributed by atoms with Gasteiger partial charge in [-0.2, -0.15) is 0 Å². The molecule has 3 aliphatic rings. The lowest BCUT2D eigenvalue weighted by Crippen LogP contribution is -2.50. The van der Waals surface area contributed by atoms with Gasteiger partial charge in [0.25, 0.3) is 0 Å². The van der Waals surface area contributed by atoms with Crippen molar-refractivity contribution in [3.05, 3.63) is 0 Å². The Morgan fingerprint density at radius 3 is 2.50 bits per heavy atom. The Balaban J connectivity index is 1.66. The van der Waals surface area contributed by atoms with E-state index in [1.807, 2.05) is 0 Å². The Morgan fingerprint density at radius 2 is 1.72 bits per heavy atom. The Morgan fingerprint density at radius 1 is 0.944 bits per heavy atom. The van der Waals surface area contributed by atoms with Gasteiger partial charge < -0.3 is 10.2 Å². The first-order valence-corrected chi connectivity index (χ1v) is 7.87. The average Bonchev–Trinajstić information content (AvgIpc) is 2.71. The minimum Gasteiger partial charge on any atom is -0.338 e. The van der Waals surface area contributed by atoms with Crippen molar-refractivity contribution in [1.82, 2.24) is 10.2 Å². The molecule has 3 fully saturated rings. The first kappa shape index (κ1) is 12.5. The van der Waals surface area contributed by atoms with Gasteiger partial charge in [0.15, 0.2) is 0 Å². The summed E-state index contributed by atoms with van der Waals surface area (Å²) >= 11 is 0. The van der Waals surface area contributed by atoms with Crippen molar-refractivity contribution in [3.8, 4) is 0 Å². The lowest BCUT2D eigenvalue weighted by molar-refractivity contribution is -0.140. The van der Waals surface area contributed by atoms with E-state index < -0.39 is 0 Å². The van der Waals surface area contributed by atoms with Crippen molar-refractivity contribution < 1.29 is 4.79 Å². The molecule has 0 spiro atoms. The van der Waals surface area contributed by atoms with Crippen LogP contribution in [0, 0.1) is 11.8 Å². The standard InChI is InChI=1S/C15H26N2O/c18-15(12-6-3-1-2-4-7-12)17-9-5-8-13-10-16-11-14(13)17/h12-14,16H,1-11H2. The fourth-order valence-electron chi connectivity index (χ4n) is 4.10. The molecule has 2 heterocycles. The molecule has 1 N–H and O–H groups in total. The lowest BCUT2D eigenvalue weighted by atomic mass is 9.89. The van der Waals surface area contributed by atoms with E-state index in [0.717, 1.165) is 38.4 Å². The summed E-state index contributed by atoms with van der Waals surface area (Å²) in [6.07, 6.45) is 9.98. The third kappa shape index (κ3) is 2.42. The van der Waals surface area contributed by atoms with Crippen LogP contribution in [0.25, 0.3) is 0 Å². The van der Waals surface area contributed by atoms with Crippen LogP contribution in [-0.2, 0) is 4.79 Å². The van der Waals surface area contributed by atoms with E-state index >= 15 is 0 Å². The third-order valence-corrected chi connectivity index (χ3v) is 5.17. The first-order valence-electron chi connectivity index (χ1n) is 7.87. The summed E-state index contributed by atoms with van der Waals surface area (Å²) in [6, 6.07) is 0.509. The molecule has 0 aromatic carbocycles. The summed E-state index contributed by atoms with van der Waals surface area (Å²) in [6.45, 7) is 3.17. The SMILES string of the molecule is O=C(C1CCCCCC1)N1CCCC2CNCC21. The first-order chi connectivity index (χ1) is 8.86. The van der Waals surface area contributed by atoms with E-state index in [9.17, 15) is 4.79 Å². The predicted octanol–water partition coefficient (Wildman–Crippen LogP) is 2.17. The molecule has 2 aliphatic heterocycles. The lowest BCUT2D eigenvalue weighted by Gasteiger charge is -2.39. The van der Waals surface area contributed by atoms with Crippen molar-refractivity contribution in [1.29, 1.82) is 0 Å². The Kier molecular flexibility index (Phi) is 3.88. The van der Waals surface area contributed by atoms with E-state index in [1.54, 1.807) is 0 Å². The molecule has 0 aromatic rings. The molecular formula is C15H26N2O. The van der Waals surface area contributed by atoms with Gasteiger partial charge in [0.1, 0.15) is 0 Å². The normalized spacial score (nSPS) is 34.1. The van der Waals surface area contributed by atoms with Crippen LogP contribution < -0.4 is 5.32 Å². The maximum Gasteiger partial charge on any atom is 0.225 e. The maximum absolute atomic E-state index is 12.7. The van der Waals surface area contributed by atoms with Crippen LogP contribution in [-0.4, -0.2) is 36.5 Å². The minimum atomic E-state index is 0.340. The monoisotopic (exact) mass is 250 g/mol. The molecule has 0 radical (unpaired) electrons. The molecule has 0 bridgehead atoms. The van der Waals surface area contributed by atoms with Crippen molar-refractivity contribution in [2.24, 2.45) is 11.8 Å². The van der Waals surface area contributed by atoms with Crippen molar-refractivity contribution >= 4 is 5.91 Å². The van der Waals surface area contributed by atoms with Crippen LogP contribution in [0.5, 0.6) is 0 Å². The second kappa shape index (κ2) is 5.60. The molecular weight excluding hydrogens is 224 g/mol. The molecule has 1 aliphatic carbocycles. The van der Waals surface area contributed by atoms with E-state index in [1.165, 1.54) is 38.5 Å². The van der Waals surface area contributed by atoms with Gasteiger partial charge in [0, 0.05) is 31.6 Å². The second-order valence-electron chi connectivity index (χ2n) is 6.35. The number of hydrogen-bond donors (Lipinski definition) is 1. The maximum atomic E-state index is 12.7. The number of nitrogens with zero attached hydrogens (tertiary/aromatic N) is 1. The number of carbonyl (C=O) groups is 1. The molecule has 1 saturated carbocycles. The molecule has 2 atom stereocenters. The summed E-state index contributed by atoms with van der Waals surface area (Å²) in [5.41, 5.74) is 0. The van der Waals surface area contributed by atoms with E-state index in [0.29, 0.717) is 17.9 Å². The van der Waals surface area contributed by atoms with Crippen LogP contribution in [0.2, 0.25) is 0 Å². The van der Waals surface area contributed by atoms with Gasteiger partial charge in [-0.1, -0.05) is 25.7 Å². The molecule has 102 valence electrons. The number of nitrogens with one attached hydrogen (secondary N) is 1. The van der Waals surface area contributed by atoms with Crippen LogP contribution >= 0.6 is 0 Å². The van der Waals surface area contributed by atoms with Gasteiger partial charge in [-0.3, -0.25) is 4.79 Å². The quantitative estimate of drug-likeness (QED) is 0.723.